The van der Waals surface area contributed by atoms with Crippen LogP contribution in [0.4, 0.5) is 5.69 Å². The average molecular weight is 341 g/mol. The van der Waals surface area contributed by atoms with Gasteiger partial charge in [-0.2, -0.15) is 9.94 Å². The van der Waals surface area contributed by atoms with E-state index in [-0.39, 0.29) is 11.3 Å². The number of nitrogens with zero attached hydrogens (tertiary/aromatic N) is 7. The van der Waals surface area contributed by atoms with Gasteiger partial charge in [-0.25, -0.2) is 0 Å². The smallest absolute Gasteiger partial charge is 0.272 e. The second kappa shape index (κ2) is 7.36. The van der Waals surface area contributed by atoms with Crippen molar-refractivity contribution in [3.8, 4) is 11.8 Å². The van der Waals surface area contributed by atoms with E-state index in [9.17, 15) is 10.1 Å². The normalized spacial score (nSPS) is 15.2. The van der Waals surface area contributed by atoms with Crippen LogP contribution in [0.3, 0.4) is 0 Å². The van der Waals surface area contributed by atoms with Crippen molar-refractivity contribution in [3.63, 3.8) is 0 Å². The Bertz CT molecular complexity index is 805. The van der Waals surface area contributed by atoms with Gasteiger partial charge in [-0.1, -0.05) is 19.3 Å². The molecule has 0 amide bonds. The summed E-state index contributed by atoms with van der Waals surface area (Å²) in [7, 11) is 2.04. The maximum Gasteiger partial charge on any atom is 0.272 e. The lowest BCUT2D eigenvalue weighted by Crippen LogP contribution is -2.33. The average Bonchev–Trinajstić information content (AvgIpc) is 3.10. The van der Waals surface area contributed by atoms with E-state index in [1.807, 2.05) is 13.1 Å². The molecule has 130 valence electrons. The molecule has 1 heterocycles. The minimum Gasteiger partial charge on any atom is -0.296 e. The van der Waals surface area contributed by atoms with Gasteiger partial charge in [0.05, 0.1) is 28.8 Å². The number of hydrogen-bond acceptors (Lipinski definition) is 7. The molecule has 0 N–H and O–H groups in total. The number of benzene rings is 1. The molecule has 9 heteroatoms. The first-order valence-electron chi connectivity index (χ1n) is 8.26. The monoisotopic (exact) mass is 341 g/mol. The van der Waals surface area contributed by atoms with Gasteiger partial charge in [-0.15, -0.1) is 5.10 Å². The van der Waals surface area contributed by atoms with Crippen molar-refractivity contribution in [2.75, 3.05) is 7.05 Å². The summed E-state index contributed by atoms with van der Waals surface area (Å²) in [6.45, 7) is 0.544. The zero-order valence-electron chi connectivity index (χ0n) is 14.0. The molecule has 1 saturated carbocycles. The molecule has 0 radical (unpaired) electrons. The highest BCUT2D eigenvalue weighted by atomic mass is 16.6. The number of nitriles is 1. The molecule has 1 aliphatic carbocycles. The Labute approximate surface area is 145 Å². The van der Waals surface area contributed by atoms with Crippen LogP contribution in [0.2, 0.25) is 0 Å². The molecule has 0 saturated heterocycles. The molecule has 9 nitrogen and oxygen atoms in total. The standard InChI is InChI=1S/C16H19N7O2/c1-21(13-5-3-2-4-6-13)11-16-18-19-20-22(16)14-7-12(10-17)8-15(9-14)23(24)25/h7-9,13H,2-6,11H2,1H3. The zero-order chi connectivity index (χ0) is 17.8. The summed E-state index contributed by atoms with van der Waals surface area (Å²) >= 11 is 0. The Balaban J connectivity index is 1.87. The van der Waals surface area contributed by atoms with Crippen molar-refractivity contribution >= 4 is 5.69 Å². The van der Waals surface area contributed by atoms with Gasteiger partial charge in [0.15, 0.2) is 5.82 Å². The van der Waals surface area contributed by atoms with Gasteiger partial charge < -0.3 is 0 Å². The van der Waals surface area contributed by atoms with E-state index in [0.717, 1.165) is 12.8 Å². The van der Waals surface area contributed by atoms with Crippen LogP contribution < -0.4 is 0 Å². The van der Waals surface area contributed by atoms with Gasteiger partial charge in [0.1, 0.15) is 0 Å². The summed E-state index contributed by atoms with van der Waals surface area (Å²) in [5.41, 5.74) is 0.463. The predicted molar refractivity (Wildman–Crippen MR) is 88.9 cm³/mol. The highest BCUT2D eigenvalue weighted by Gasteiger charge is 2.21. The summed E-state index contributed by atoms with van der Waals surface area (Å²) in [6, 6.07) is 6.60. The number of nitro benzene ring substituents is 1. The Hall–Kier alpha value is -2.86. The van der Waals surface area contributed by atoms with Gasteiger partial charge in [-0.05, 0) is 36.4 Å². The van der Waals surface area contributed by atoms with Crippen LogP contribution in [0.15, 0.2) is 18.2 Å². The van der Waals surface area contributed by atoms with Gasteiger partial charge >= 0.3 is 0 Å². The van der Waals surface area contributed by atoms with Crippen LogP contribution in [-0.4, -0.2) is 43.1 Å². The lowest BCUT2D eigenvalue weighted by Gasteiger charge is -2.30. The Kier molecular flexibility index (Phi) is 5.00. The molecule has 1 aliphatic rings. The van der Waals surface area contributed by atoms with Crippen molar-refractivity contribution in [3.05, 3.63) is 39.7 Å². The van der Waals surface area contributed by atoms with E-state index in [0.29, 0.717) is 24.1 Å². The summed E-state index contributed by atoms with van der Waals surface area (Å²) in [5, 5.41) is 31.9. The Morgan fingerprint density at radius 1 is 1.36 bits per heavy atom. The van der Waals surface area contributed by atoms with Gasteiger partial charge in [-0.3, -0.25) is 15.0 Å². The van der Waals surface area contributed by atoms with Crippen LogP contribution in [0, 0.1) is 21.4 Å². The number of rotatable bonds is 5. The molecular formula is C16H19N7O2. The summed E-state index contributed by atoms with van der Waals surface area (Å²) < 4.78 is 1.47. The highest BCUT2D eigenvalue weighted by molar-refractivity contribution is 5.50. The minimum absolute atomic E-state index is 0.156. The van der Waals surface area contributed by atoms with Crippen molar-refractivity contribution in [2.45, 2.75) is 44.7 Å². The van der Waals surface area contributed by atoms with Gasteiger partial charge in [0, 0.05) is 18.2 Å². The van der Waals surface area contributed by atoms with E-state index in [1.54, 1.807) is 6.07 Å². The molecule has 0 spiro atoms. The first-order chi connectivity index (χ1) is 12.1. The molecule has 2 aromatic rings. The third-order valence-corrected chi connectivity index (χ3v) is 4.61. The largest absolute Gasteiger partial charge is 0.296 e. The quantitative estimate of drug-likeness (QED) is 0.605. The molecule has 1 aromatic heterocycles. The Morgan fingerprint density at radius 2 is 2.12 bits per heavy atom. The fourth-order valence-electron chi connectivity index (χ4n) is 3.27. The molecule has 3 rings (SSSR count). The van der Waals surface area contributed by atoms with Crippen LogP contribution in [0.5, 0.6) is 0 Å². The second-order valence-electron chi connectivity index (χ2n) is 6.32. The number of hydrogen-bond donors (Lipinski definition) is 0. The van der Waals surface area contributed by atoms with E-state index in [4.69, 9.17) is 5.26 Å². The van der Waals surface area contributed by atoms with Crippen molar-refractivity contribution in [1.29, 1.82) is 5.26 Å². The molecule has 25 heavy (non-hydrogen) atoms. The number of tetrazole rings is 1. The van der Waals surface area contributed by atoms with Crippen LogP contribution in [0.25, 0.3) is 5.69 Å². The fraction of sp³-hybridized carbons (Fsp3) is 0.500. The SMILES string of the molecule is CN(Cc1nnnn1-c1cc(C#N)cc([N+](=O)[O-])c1)C1CCCCC1. The van der Waals surface area contributed by atoms with Crippen molar-refractivity contribution in [2.24, 2.45) is 0 Å². The number of aromatic nitrogens is 4. The fourth-order valence-corrected chi connectivity index (χ4v) is 3.27. The summed E-state index contributed by atoms with van der Waals surface area (Å²) in [5.74, 6) is 0.595. The zero-order valence-corrected chi connectivity index (χ0v) is 14.0. The van der Waals surface area contributed by atoms with Crippen molar-refractivity contribution in [1.82, 2.24) is 25.1 Å². The van der Waals surface area contributed by atoms with Crippen molar-refractivity contribution < 1.29 is 4.92 Å². The molecular weight excluding hydrogens is 322 g/mol. The highest BCUT2D eigenvalue weighted by Crippen LogP contribution is 2.24. The first kappa shape index (κ1) is 17.0. The molecule has 0 aliphatic heterocycles. The summed E-state index contributed by atoms with van der Waals surface area (Å²) in [4.78, 5) is 12.8. The molecule has 0 bridgehead atoms. The maximum absolute atomic E-state index is 11.1. The van der Waals surface area contributed by atoms with Crippen LogP contribution in [-0.2, 0) is 6.54 Å². The lowest BCUT2D eigenvalue weighted by atomic mass is 9.94. The second-order valence-corrected chi connectivity index (χ2v) is 6.32. The third kappa shape index (κ3) is 3.80. The molecule has 0 unspecified atom stereocenters. The van der Waals surface area contributed by atoms with Crippen LogP contribution >= 0.6 is 0 Å². The lowest BCUT2D eigenvalue weighted by molar-refractivity contribution is -0.384. The summed E-state index contributed by atoms with van der Waals surface area (Å²) in [6.07, 6.45) is 6.07. The van der Waals surface area contributed by atoms with Crippen LogP contribution in [0.1, 0.15) is 43.5 Å². The minimum atomic E-state index is -0.525. The first-order valence-corrected chi connectivity index (χ1v) is 8.26. The number of non-ortho nitro benzene ring substituents is 1. The maximum atomic E-state index is 11.1. The van der Waals surface area contributed by atoms with E-state index >= 15 is 0 Å². The Morgan fingerprint density at radius 3 is 2.80 bits per heavy atom. The molecule has 0 atom stereocenters. The van der Waals surface area contributed by atoms with E-state index < -0.39 is 4.92 Å². The van der Waals surface area contributed by atoms with Gasteiger partial charge in [0.25, 0.3) is 5.69 Å². The van der Waals surface area contributed by atoms with Gasteiger partial charge in [0.2, 0.25) is 0 Å². The van der Waals surface area contributed by atoms with E-state index in [1.165, 1.54) is 36.1 Å². The third-order valence-electron chi connectivity index (χ3n) is 4.61. The molecule has 1 aromatic carbocycles. The predicted octanol–water partition coefficient (Wildman–Crippen LogP) is 2.21. The molecule has 1 fully saturated rings. The number of nitro groups is 1. The topological polar surface area (TPSA) is 114 Å². The van der Waals surface area contributed by atoms with E-state index in [2.05, 4.69) is 20.4 Å².